The van der Waals surface area contributed by atoms with Crippen molar-refractivity contribution in [2.45, 2.75) is 39.2 Å². The first-order valence-electron chi connectivity index (χ1n) is 8.27. The lowest BCUT2D eigenvalue weighted by Crippen LogP contribution is -2.34. The van der Waals surface area contributed by atoms with Crippen LogP contribution in [0.1, 0.15) is 41.5 Å². The normalized spacial score (nSPS) is 19.5. The molecule has 0 amide bonds. The molecule has 1 aliphatic heterocycles. The van der Waals surface area contributed by atoms with E-state index >= 15 is 0 Å². The Morgan fingerprint density at radius 2 is 2.26 bits per heavy atom. The maximum atomic E-state index is 6.11. The van der Waals surface area contributed by atoms with Crippen LogP contribution < -0.4 is 0 Å². The van der Waals surface area contributed by atoms with Gasteiger partial charge in [-0.3, -0.25) is 10.00 Å². The Bertz CT molecular complexity index is 806. The van der Waals surface area contributed by atoms with E-state index in [9.17, 15) is 0 Å². The third kappa shape index (κ3) is 2.77. The zero-order chi connectivity index (χ0) is 15.8. The molecule has 5 nitrogen and oxygen atoms in total. The zero-order valence-corrected chi connectivity index (χ0v) is 13.7. The Morgan fingerprint density at radius 3 is 3.09 bits per heavy atom. The Morgan fingerprint density at radius 1 is 1.35 bits per heavy atom. The summed E-state index contributed by atoms with van der Waals surface area (Å²) in [5, 5.41) is 8.24. The van der Waals surface area contributed by atoms with E-state index in [1.165, 1.54) is 29.4 Å². The highest BCUT2D eigenvalue weighted by atomic mass is 16.3. The van der Waals surface area contributed by atoms with E-state index in [-0.39, 0.29) is 0 Å². The van der Waals surface area contributed by atoms with Crippen molar-refractivity contribution in [1.82, 2.24) is 20.1 Å². The molecule has 4 rings (SSSR count). The summed E-state index contributed by atoms with van der Waals surface area (Å²) in [5.41, 5.74) is 3.54. The minimum Gasteiger partial charge on any atom is -0.459 e. The molecule has 0 aliphatic carbocycles. The molecule has 0 spiro atoms. The molecule has 1 N–H and O–H groups in total. The van der Waals surface area contributed by atoms with Crippen LogP contribution in [-0.4, -0.2) is 33.2 Å². The topological polar surface area (TPSA) is 58.0 Å². The van der Waals surface area contributed by atoms with Crippen molar-refractivity contribution in [3.8, 4) is 0 Å². The summed E-state index contributed by atoms with van der Waals surface area (Å²) in [5.74, 6) is 2.54. The maximum absolute atomic E-state index is 6.11. The lowest BCUT2D eigenvalue weighted by atomic mass is 9.97. The second-order valence-electron chi connectivity index (χ2n) is 6.59. The average molecular weight is 310 g/mol. The van der Waals surface area contributed by atoms with Gasteiger partial charge in [0, 0.05) is 17.8 Å². The Kier molecular flexibility index (Phi) is 3.65. The number of aromatic amines is 1. The molecule has 3 aromatic rings. The maximum Gasteiger partial charge on any atom is 0.137 e. The van der Waals surface area contributed by atoms with E-state index < -0.39 is 0 Å². The smallest absolute Gasteiger partial charge is 0.137 e. The number of hydrogen-bond donors (Lipinski definition) is 1. The van der Waals surface area contributed by atoms with E-state index in [2.05, 4.69) is 52.1 Å². The van der Waals surface area contributed by atoms with Crippen molar-refractivity contribution in [1.29, 1.82) is 0 Å². The quantitative estimate of drug-likeness (QED) is 0.804. The molecule has 120 valence electrons. The average Bonchev–Trinajstić information content (AvgIpc) is 3.18. The fourth-order valence-electron chi connectivity index (χ4n) is 3.57. The lowest BCUT2D eigenvalue weighted by Gasteiger charge is -2.31. The number of H-pyrrole nitrogens is 1. The minimum atomic E-state index is 0.443. The first kappa shape index (κ1) is 14.5. The van der Waals surface area contributed by atoms with E-state index in [1.54, 1.807) is 6.33 Å². The van der Waals surface area contributed by atoms with Crippen LogP contribution in [0.4, 0.5) is 0 Å². The van der Waals surface area contributed by atoms with E-state index in [0.717, 1.165) is 36.8 Å². The lowest BCUT2D eigenvalue weighted by molar-refractivity contribution is 0.184. The van der Waals surface area contributed by atoms with Gasteiger partial charge < -0.3 is 4.42 Å². The SMILES string of the molecule is Cc1ccc2oc(CN3CCCC(c4ncn[nH]4)C3)c(C)c2c1. The molecule has 5 heteroatoms. The fraction of sp³-hybridized carbons (Fsp3) is 0.444. The first-order valence-corrected chi connectivity index (χ1v) is 8.27. The van der Waals surface area contributed by atoms with Crippen LogP contribution in [-0.2, 0) is 6.54 Å². The number of hydrogen-bond acceptors (Lipinski definition) is 4. The van der Waals surface area contributed by atoms with Gasteiger partial charge in [0.05, 0.1) is 6.54 Å². The van der Waals surface area contributed by atoms with Crippen molar-refractivity contribution >= 4 is 11.0 Å². The predicted octanol–water partition coefficient (Wildman–Crippen LogP) is 3.55. The van der Waals surface area contributed by atoms with Gasteiger partial charge in [-0.1, -0.05) is 11.6 Å². The first-order chi connectivity index (χ1) is 11.2. The van der Waals surface area contributed by atoms with Crippen molar-refractivity contribution in [2.75, 3.05) is 13.1 Å². The summed E-state index contributed by atoms with van der Waals surface area (Å²) in [6.45, 7) is 7.27. The molecule has 0 bridgehead atoms. The van der Waals surface area contributed by atoms with Crippen LogP contribution in [0.25, 0.3) is 11.0 Å². The van der Waals surface area contributed by atoms with Crippen molar-refractivity contribution in [2.24, 2.45) is 0 Å². The second kappa shape index (κ2) is 5.81. The number of piperidine rings is 1. The highest BCUT2D eigenvalue weighted by Crippen LogP contribution is 2.30. The molecule has 0 radical (unpaired) electrons. The molecule has 23 heavy (non-hydrogen) atoms. The predicted molar refractivity (Wildman–Crippen MR) is 89.3 cm³/mol. The third-order valence-electron chi connectivity index (χ3n) is 4.88. The van der Waals surface area contributed by atoms with Crippen molar-refractivity contribution in [3.05, 3.63) is 47.2 Å². The van der Waals surface area contributed by atoms with E-state index in [1.807, 2.05) is 0 Å². The largest absolute Gasteiger partial charge is 0.459 e. The number of rotatable bonds is 3. The van der Waals surface area contributed by atoms with Crippen LogP contribution in [0.5, 0.6) is 0 Å². The van der Waals surface area contributed by atoms with Gasteiger partial charge in [0.2, 0.25) is 0 Å². The highest BCUT2D eigenvalue weighted by molar-refractivity contribution is 5.82. The van der Waals surface area contributed by atoms with Gasteiger partial charge in [-0.15, -0.1) is 0 Å². The monoisotopic (exact) mass is 310 g/mol. The summed E-state index contributed by atoms with van der Waals surface area (Å²) in [7, 11) is 0. The number of aryl methyl sites for hydroxylation is 2. The van der Waals surface area contributed by atoms with E-state index in [4.69, 9.17) is 4.42 Å². The van der Waals surface area contributed by atoms with Gasteiger partial charge in [-0.05, 0) is 50.9 Å². The summed E-state index contributed by atoms with van der Waals surface area (Å²) in [6.07, 6.45) is 3.95. The molecule has 1 fully saturated rings. The molecule has 1 aromatic carbocycles. The van der Waals surface area contributed by atoms with Gasteiger partial charge in [0.25, 0.3) is 0 Å². The zero-order valence-electron chi connectivity index (χ0n) is 13.7. The molecular formula is C18H22N4O. The van der Waals surface area contributed by atoms with Crippen LogP contribution >= 0.6 is 0 Å². The number of benzene rings is 1. The summed E-state index contributed by atoms with van der Waals surface area (Å²) >= 11 is 0. The van der Waals surface area contributed by atoms with E-state index in [0.29, 0.717) is 5.92 Å². The number of nitrogens with zero attached hydrogens (tertiary/aromatic N) is 3. The molecular weight excluding hydrogens is 288 g/mol. The number of furan rings is 1. The molecule has 2 aromatic heterocycles. The molecule has 0 saturated carbocycles. The minimum absolute atomic E-state index is 0.443. The van der Waals surface area contributed by atoms with Gasteiger partial charge in [-0.2, -0.15) is 5.10 Å². The van der Waals surface area contributed by atoms with Crippen LogP contribution in [0, 0.1) is 13.8 Å². The Balaban J connectivity index is 1.54. The molecule has 1 aliphatic rings. The van der Waals surface area contributed by atoms with Crippen molar-refractivity contribution < 1.29 is 4.42 Å². The molecule has 3 heterocycles. The van der Waals surface area contributed by atoms with Crippen LogP contribution in [0.3, 0.4) is 0 Å². The molecule has 1 unspecified atom stereocenters. The fourth-order valence-corrected chi connectivity index (χ4v) is 3.57. The number of aromatic nitrogens is 3. The Hall–Kier alpha value is -2.14. The van der Waals surface area contributed by atoms with Gasteiger partial charge in [-0.25, -0.2) is 4.98 Å². The highest BCUT2D eigenvalue weighted by Gasteiger charge is 2.24. The van der Waals surface area contributed by atoms with Crippen LogP contribution in [0.15, 0.2) is 28.9 Å². The van der Waals surface area contributed by atoms with Crippen molar-refractivity contribution in [3.63, 3.8) is 0 Å². The number of nitrogens with one attached hydrogen (secondary N) is 1. The molecule has 1 atom stereocenters. The number of likely N-dealkylation sites (tertiary alicyclic amines) is 1. The van der Waals surface area contributed by atoms with Gasteiger partial charge >= 0.3 is 0 Å². The Labute approximate surface area is 135 Å². The number of fused-ring (bicyclic) bond motifs is 1. The molecule has 1 saturated heterocycles. The standard InChI is InChI=1S/C18H22N4O/c1-12-5-6-16-15(8-12)13(2)17(23-16)10-22-7-3-4-14(9-22)18-19-11-20-21-18/h5-6,8,11,14H,3-4,7,9-10H2,1-2H3,(H,19,20,21). The summed E-state index contributed by atoms with van der Waals surface area (Å²) < 4.78 is 6.11. The van der Waals surface area contributed by atoms with Crippen LogP contribution in [0.2, 0.25) is 0 Å². The summed E-state index contributed by atoms with van der Waals surface area (Å²) in [4.78, 5) is 6.79. The third-order valence-corrected chi connectivity index (χ3v) is 4.88. The van der Waals surface area contributed by atoms with Gasteiger partial charge in [0.15, 0.2) is 0 Å². The summed E-state index contributed by atoms with van der Waals surface area (Å²) in [6, 6.07) is 6.40. The second-order valence-corrected chi connectivity index (χ2v) is 6.59. The van der Waals surface area contributed by atoms with Gasteiger partial charge in [0.1, 0.15) is 23.5 Å².